The van der Waals surface area contributed by atoms with Crippen LogP contribution in [-0.4, -0.2) is 24.9 Å². The molecule has 1 N–H and O–H groups in total. The van der Waals surface area contributed by atoms with Gasteiger partial charge < -0.3 is 13.9 Å². The van der Waals surface area contributed by atoms with E-state index in [2.05, 4.69) is 9.71 Å². The van der Waals surface area contributed by atoms with E-state index in [1.54, 1.807) is 18.2 Å². The Balaban J connectivity index is 1.55. The molecule has 0 unspecified atom stereocenters. The van der Waals surface area contributed by atoms with Crippen molar-refractivity contribution in [2.24, 2.45) is 0 Å². The fourth-order valence-electron chi connectivity index (χ4n) is 2.71. The second-order valence-electron chi connectivity index (χ2n) is 6.02. The molecule has 0 spiro atoms. The number of ether oxygens (including phenoxy) is 2. The summed E-state index contributed by atoms with van der Waals surface area (Å²) in [6, 6.07) is 13.5. The molecule has 1 aromatic carbocycles. The molecule has 0 saturated carbocycles. The number of rotatable bonds is 7. The topological polar surface area (TPSA) is 81.9 Å². The highest BCUT2D eigenvalue weighted by Gasteiger charge is 2.18. The van der Waals surface area contributed by atoms with Gasteiger partial charge in [-0.05, 0) is 36.4 Å². The first-order valence-electron chi connectivity index (χ1n) is 8.46. The van der Waals surface area contributed by atoms with Crippen LogP contribution in [0.25, 0.3) is 5.65 Å². The van der Waals surface area contributed by atoms with Crippen LogP contribution in [0.2, 0.25) is 4.34 Å². The van der Waals surface area contributed by atoms with Crippen LogP contribution in [-0.2, 0) is 16.6 Å². The van der Waals surface area contributed by atoms with Gasteiger partial charge in [-0.15, -0.1) is 11.3 Å². The molecule has 3 heterocycles. The molecule has 0 aliphatic rings. The molecule has 29 heavy (non-hydrogen) atoms. The summed E-state index contributed by atoms with van der Waals surface area (Å²) < 4.78 is 41.2. The zero-order chi connectivity index (χ0) is 20.4. The minimum Gasteiger partial charge on any atom is -0.493 e. The van der Waals surface area contributed by atoms with Gasteiger partial charge >= 0.3 is 0 Å². The average Bonchev–Trinajstić information content (AvgIpc) is 3.32. The van der Waals surface area contributed by atoms with Crippen molar-refractivity contribution < 1.29 is 17.9 Å². The zero-order valence-electron chi connectivity index (χ0n) is 15.2. The monoisotopic (exact) mass is 449 g/mol. The maximum absolute atomic E-state index is 12.5. The quantitative estimate of drug-likeness (QED) is 0.451. The summed E-state index contributed by atoms with van der Waals surface area (Å²) in [5.74, 6) is 0.879. The Morgan fingerprint density at radius 1 is 1.17 bits per heavy atom. The standard InChI is InChI=1S/C19H16ClN3O4S2/c1-26-15-6-5-13(22-29(24,25)19-8-7-17(20)28-19)10-16(15)27-12-14-11-23-9-3-2-4-18(23)21-14/h2-11,22H,12H2,1H3. The van der Waals surface area contributed by atoms with Crippen LogP contribution in [0.1, 0.15) is 5.69 Å². The third-order valence-electron chi connectivity index (χ3n) is 4.02. The van der Waals surface area contributed by atoms with Crippen LogP contribution >= 0.6 is 22.9 Å². The fraction of sp³-hybridized carbons (Fsp3) is 0.105. The molecule has 150 valence electrons. The van der Waals surface area contributed by atoms with Crippen molar-refractivity contribution in [3.05, 3.63) is 71.0 Å². The van der Waals surface area contributed by atoms with Gasteiger partial charge in [0.25, 0.3) is 10.0 Å². The Morgan fingerprint density at radius 2 is 2.03 bits per heavy atom. The van der Waals surface area contributed by atoms with Gasteiger partial charge in [0.2, 0.25) is 0 Å². The highest BCUT2D eigenvalue weighted by atomic mass is 35.5. The smallest absolute Gasteiger partial charge is 0.271 e. The van der Waals surface area contributed by atoms with E-state index >= 15 is 0 Å². The van der Waals surface area contributed by atoms with Crippen molar-refractivity contribution in [1.29, 1.82) is 0 Å². The number of hydrogen-bond acceptors (Lipinski definition) is 6. The van der Waals surface area contributed by atoms with Gasteiger partial charge in [-0.1, -0.05) is 17.7 Å². The molecule has 0 amide bonds. The molecule has 0 bridgehead atoms. The number of pyridine rings is 1. The predicted octanol–water partition coefficient (Wildman–Crippen LogP) is 4.44. The molecule has 0 atom stereocenters. The molecule has 4 aromatic rings. The lowest BCUT2D eigenvalue weighted by molar-refractivity contribution is 0.281. The minimum atomic E-state index is -3.74. The fourth-order valence-corrected chi connectivity index (χ4v) is 5.24. The molecular weight excluding hydrogens is 434 g/mol. The van der Waals surface area contributed by atoms with Gasteiger partial charge in [0.15, 0.2) is 11.5 Å². The van der Waals surface area contributed by atoms with Crippen LogP contribution in [0.5, 0.6) is 11.5 Å². The van der Waals surface area contributed by atoms with E-state index in [-0.39, 0.29) is 10.8 Å². The molecule has 0 fully saturated rings. The van der Waals surface area contributed by atoms with Crippen molar-refractivity contribution in [1.82, 2.24) is 9.38 Å². The van der Waals surface area contributed by atoms with Crippen molar-refractivity contribution in [3.63, 3.8) is 0 Å². The summed E-state index contributed by atoms with van der Waals surface area (Å²) in [4.78, 5) is 4.48. The van der Waals surface area contributed by atoms with Crippen molar-refractivity contribution in [3.8, 4) is 11.5 Å². The molecule has 0 aliphatic heterocycles. The minimum absolute atomic E-state index is 0.130. The molecule has 3 aromatic heterocycles. The van der Waals surface area contributed by atoms with E-state index in [0.717, 1.165) is 22.7 Å². The number of fused-ring (bicyclic) bond motifs is 1. The van der Waals surface area contributed by atoms with Crippen molar-refractivity contribution in [2.45, 2.75) is 10.8 Å². The maximum Gasteiger partial charge on any atom is 0.271 e. The first-order chi connectivity index (χ1) is 13.9. The molecule has 4 rings (SSSR count). The lowest BCUT2D eigenvalue weighted by Crippen LogP contribution is -2.11. The lowest BCUT2D eigenvalue weighted by atomic mass is 10.3. The van der Waals surface area contributed by atoms with Gasteiger partial charge in [-0.3, -0.25) is 4.72 Å². The number of halogens is 1. The maximum atomic E-state index is 12.5. The Labute approximate surface area is 176 Å². The normalized spacial score (nSPS) is 11.5. The van der Waals surface area contributed by atoms with E-state index < -0.39 is 10.0 Å². The summed E-state index contributed by atoms with van der Waals surface area (Å²) in [5.41, 5.74) is 1.90. The summed E-state index contributed by atoms with van der Waals surface area (Å²) in [6.07, 6.45) is 3.77. The number of hydrogen-bond donors (Lipinski definition) is 1. The first kappa shape index (κ1) is 19.6. The molecule has 0 radical (unpaired) electrons. The number of sulfonamides is 1. The zero-order valence-corrected chi connectivity index (χ0v) is 17.6. The van der Waals surface area contributed by atoms with Crippen LogP contribution in [0.15, 0.2) is 65.1 Å². The van der Waals surface area contributed by atoms with Gasteiger partial charge in [0, 0.05) is 18.5 Å². The average molecular weight is 450 g/mol. The van der Waals surface area contributed by atoms with E-state index in [0.29, 0.717) is 21.5 Å². The number of imidazole rings is 1. The number of thiophene rings is 1. The van der Waals surface area contributed by atoms with Gasteiger partial charge in [-0.25, -0.2) is 13.4 Å². The second kappa shape index (κ2) is 7.94. The number of aromatic nitrogens is 2. The largest absolute Gasteiger partial charge is 0.493 e. The number of nitrogens with zero attached hydrogens (tertiary/aromatic N) is 2. The second-order valence-corrected chi connectivity index (χ2v) is 9.64. The third kappa shape index (κ3) is 4.31. The van der Waals surface area contributed by atoms with E-state index in [1.165, 1.54) is 19.2 Å². The summed E-state index contributed by atoms with van der Waals surface area (Å²) in [5, 5.41) is 0. The summed E-state index contributed by atoms with van der Waals surface area (Å²) in [6.45, 7) is 0.203. The Morgan fingerprint density at radius 3 is 2.76 bits per heavy atom. The van der Waals surface area contributed by atoms with Crippen molar-refractivity contribution in [2.75, 3.05) is 11.8 Å². The van der Waals surface area contributed by atoms with Crippen LogP contribution in [0, 0.1) is 0 Å². The predicted molar refractivity (Wildman–Crippen MR) is 113 cm³/mol. The van der Waals surface area contributed by atoms with Crippen LogP contribution in [0.4, 0.5) is 5.69 Å². The van der Waals surface area contributed by atoms with E-state index in [9.17, 15) is 8.42 Å². The third-order valence-corrected chi connectivity index (χ3v) is 7.12. The van der Waals surface area contributed by atoms with Gasteiger partial charge in [0.1, 0.15) is 16.5 Å². The van der Waals surface area contributed by atoms with E-state index in [1.807, 2.05) is 35.0 Å². The molecule has 7 nitrogen and oxygen atoms in total. The molecular formula is C19H16ClN3O4S2. The summed E-state index contributed by atoms with van der Waals surface area (Å²) >= 11 is 6.83. The SMILES string of the molecule is COc1ccc(NS(=O)(=O)c2ccc(Cl)s2)cc1OCc1cn2ccccc2n1. The Kier molecular flexibility index (Phi) is 5.35. The first-order valence-corrected chi connectivity index (χ1v) is 11.1. The highest BCUT2D eigenvalue weighted by molar-refractivity contribution is 7.94. The van der Waals surface area contributed by atoms with Crippen molar-refractivity contribution >= 4 is 44.3 Å². The number of benzene rings is 1. The van der Waals surface area contributed by atoms with Gasteiger partial charge in [0.05, 0.1) is 22.8 Å². The van der Waals surface area contributed by atoms with Gasteiger partial charge in [-0.2, -0.15) is 0 Å². The van der Waals surface area contributed by atoms with Crippen LogP contribution in [0.3, 0.4) is 0 Å². The molecule has 0 aliphatic carbocycles. The summed E-state index contributed by atoms with van der Waals surface area (Å²) in [7, 11) is -2.22. The highest BCUT2D eigenvalue weighted by Crippen LogP contribution is 2.33. The Hall–Kier alpha value is -2.75. The molecule has 0 saturated heterocycles. The van der Waals surface area contributed by atoms with Crippen LogP contribution < -0.4 is 14.2 Å². The Bertz CT molecular complexity index is 1230. The molecule has 10 heteroatoms. The number of anilines is 1. The number of nitrogens with one attached hydrogen (secondary N) is 1. The lowest BCUT2D eigenvalue weighted by Gasteiger charge is -2.12. The number of methoxy groups -OCH3 is 1. The van der Waals surface area contributed by atoms with E-state index in [4.69, 9.17) is 21.1 Å².